The molecule has 1 unspecified atom stereocenters. The van der Waals surface area contributed by atoms with Gasteiger partial charge in [0.1, 0.15) is 12.2 Å². The summed E-state index contributed by atoms with van der Waals surface area (Å²) in [6.07, 6.45) is -2.17. The van der Waals surface area contributed by atoms with E-state index in [2.05, 4.69) is 0 Å². The molecule has 0 bridgehead atoms. The van der Waals surface area contributed by atoms with E-state index >= 15 is 0 Å². The summed E-state index contributed by atoms with van der Waals surface area (Å²) < 4.78 is 25.5. The molecule has 218 valence electrons. The Morgan fingerprint density at radius 2 is 1.10 bits per heavy atom. The molecule has 42 heavy (non-hydrogen) atoms. The first kappa shape index (κ1) is 29.9. The summed E-state index contributed by atoms with van der Waals surface area (Å²) in [5, 5.41) is 12.7. The predicted molar refractivity (Wildman–Crippen MR) is 163 cm³/mol. The first-order chi connectivity index (χ1) is 20.7. The number of ether oxygens (including phenoxy) is 4. The van der Waals surface area contributed by atoms with Gasteiger partial charge in [0.2, 0.25) is 0 Å². The monoisotopic (exact) mass is 585 g/mol. The lowest BCUT2D eigenvalue weighted by Gasteiger charge is -2.42. The fraction of sp³-hybridized carbons (Fsp3) is 0.294. The van der Waals surface area contributed by atoms with Gasteiger partial charge in [-0.05, 0) is 22.3 Å². The van der Waals surface area contributed by atoms with E-state index in [0.717, 1.165) is 22.3 Å². The molecule has 1 aliphatic rings. The van der Waals surface area contributed by atoms with Gasteiger partial charge in [-0.1, -0.05) is 121 Å². The van der Waals surface area contributed by atoms with Crippen molar-refractivity contribution in [3.05, 3.63) is 154 Å². The normalized spacial score (nSPS) is 22.0. The molecule has 4 aromatic rings. The molecule has 8 heteroatoms. The number of hydrogen-bond donors (Lipinski definition) is 0. The quantitative estimate of drug-likeness (QED) is 0.121. The van der Waals surface area contributed by atoms with E-state index in [1.54, 1.807) is 0 Å². The molecular weight excluding hydrogens is 550 g/mol. The van der Waals surface area contributed by atoms with Crippen molar-refractivity contribution in [3.8, 4) is 0 Å². The van der Waals surface area contributed by atoms with Crippen LogP contribution >= 0.6 is 11.8 Å². The Kier molecular flexibility index (Phi) is 11.1. The minimum Gasteiger partial charge on any atom is -0.374 e. The summed E-state index contributed by atoms with van der Waals surface area (Å²) in [5.41, 5.74) is 3.22. The van der Waals surface area contributed by atoms with E-state index in [4.69, 9.17) is 18.9 Å². The number of rotatable bonds is 14. The molecule has 0 amide bonds. The molecule has 5 atom stereocenters. The molecule has 0 N–H and O–H groups in total. The second kappa shape index (κ2) is 15.6. The van der Waals surface area contributed by atoms with Crippen molar-refractivity contribution in [1.82, 2.24) is 0 Å². The maximum absolute atomic E-state index is 12.7. The Hall–Kier alpha value is -3.53. The van der Waals surface area contributed by atoms with E-state index in [-0.39, 0.29) is 24.7 Å². The minimum atomic E-state index is -1.14. The molecule has 1 saturated heterocycles. The number of hydrogen-bond acceptors (Lipinski definition) is 7. The topological polar surface area (TPSA) is 80.1 Å². The van der Waals surface area contributed by atoms with E-state index in [1.165, 1.54) is 11.8 Å². The van der Waals surface area contributed by atoms with Crippen molar-refractivity contribution in [2.24, 2.45) is 0 Å². The molecule has 4 aromatic carbocycles. The van der Waals surface area contributed by atoms with Crippen LogP contribution in [0, 0.1) is 10.1 Å². The molecule has 7 nitrogen and oxygen atoms in total. The number of thioether (sulfide) groups is 1. The van der Waals surface area contributed by atoms with Crippen molar-refractivity contribution in [2.75, 3.05) is 6.61 Å². The summed E-state index contributed by atoms with van der Waals surface area (Å²) in [6.45, 7) is 1.07. The van der Waals surface area contributed by atoms with Gasteiger partial charge in [0.25, 0.3) is 6.04 Å². The summed E-state index contributed by atoms with van der Waals surface area (Å²) >= 11 is 1.41. The van der Waals surface area contributed by atoms with E-state index in [9.17, 15) is 10.1 Å². The highest BCUT2D eigenvalue weighted by molar-refractivity contribution is 7.99. The van der Waals surface area contributed by atoms with Gasteiger partial charge in [0, 0.05) is 10.7 Å². The first-order valence-electron chi connectivity index (χ1n) is 14.0. The second-order valence-electron chi connectivity index (χ2n) is 10.1. The maximum Gasteiger partial charge on any atom is 0.276 e. The van der Waals surface area contributed by atoms with E-state index in [1.807, 2.05) is 121 Å². The summed E-state index contributed by atoms with van der Waals surface area (Å²) in [7, 11) is 0. The highest BCUT2D eigenvalue weighted by atomic mass is 32.2. The summed E-state index contributed by atoms with van der Waals surface area (Å²) in [6, 6.07) is 38.1. The van der Waals surface area contributed by atoms with Gasteiger partial charge in [-0.15, -0.1) is 11.8 Å². The van der Waals surface area contributed by atoms with Crippen LogP contribution in [0.4, 0.5) is 0 Å². The van der Waals surface area contributed by atoms with Crippen molar-refractivity contribution >= 4 is 11.8 Å². The zero-order valence-corrected chi connectivity index (χ0v) is 24.1. The third-order valence-corrected chi connectivity index (χ3v) is 8.30. The van der Waals surface area contributed by atoms with Crippen molar-refractivity contribution < 1.29 is 23.9 Å². The number of nitrogens with zero attached hydrogens (tertiary/aromatic N) is 1. The van der Waals surface area contributed by atoms with Crippen LogP contribution in [-0.2, 0) is 44.5 Å². The zero-order chi connectivity index (χ0) is 29.0. The number of nitro groups is 1. The Bertz CT molecular complexity index is 1350. The third-order valence-electron chi connectivity index (χ3n) is 7.08. The Morgan fingerprint density at radius 1 is 0.643 bits per heavy atom. The molecule has 0 spiro atoms. The van der Waals surface area contributed by atoms with Gasteiger partial charge in [-0.25, -0.2) is 0 Å². The molecule has 0 aliphatic carbocycles. The Labute approximate surface area is 250 Å². The Balaban J connectivity index is 1.40. The van der Waals surface area contributed by atoms with E-state index in [0.29, 0.717) is 12.4 Å². The van der Waals surface area contributed by atoms with Crippen molar-refractivity contribution in [1.29, 1.82) is 0 Å². The van der Waals surface area contributed by atoms with Gasteiger partial charge in [-0.2, -0.15) is 0 Å². The smallest absolute Gasteiger partial charge is 0.276 e. The number of benzene rings is 4. The van der Waals surface area contributed by atoms with Gasteiger partial charge in [-0.3, -0.25) is 10.1 Å². The average molecular weight is 586 g/mol. The van der Waals surface area contributed by atoms with Crippen molar-refractivity contribution in [2.45, 2.75) is 55.4 Å². The van der Waals surface area contributed by atoms with Crippen LogP contribution in [0.1, 0.15) is 22.3 Å². The van der Waals surface area contributed by atoms with Crippen molar-refractivity contribution in [3.63, 3.8) is 0 Å². The van der Waals surface area contributed by atoms with Crippen LogP contribution in [0.2, 0.25) is 0 Å². The largest absolute Gasteiger partial charge is 0.374 e. The lowest BCUT2D eigenvalue weighted by atomic mass is 9.97. The van der Waals surface area contributed by atoms with Crippen LogP contribution in [0.3, 0.4) is 0 Å². The summed E-state index contributed by atoms with van der Waals surface area (Å²) in [5.74, 6) is 0.564. The van der Waals surface area contributed by atoms with Crippen LogP contribution < -0.4 is 0 Å². The molecule has 0 saturated carbocycles. The maximum atomic E-state index is 12.7. The lowest BCUT2D eigenvalue weighted by molar-refractivity contribution is -0.555. The molecule has 1 heterocycles. The van der Waals surface area contributed by atoms with Gasteiger partial charge in [0.05, 0.1) is 26.4 Å². The van der Waals surface area contributed by atoms with Crippen LogP contribution in [0.25, 0.3) is 0 Å². The van der Waals surface area contributed by atoms with Gasteiger partial charge in [0.15, 0.2) is 11.5 Å². The second-order valence-corrected chi connectivity index (χ2v) is 11.2. The third kappa shape index (κ3) is 8.50. The van der Waals surface area contributed by atoms with Crippen LogP contribution in [-0.4, -0.2) is 41.3 Å². The molecular formula is C34H35NO6S. The van der Waals surface area contributed by atoms with Crippen LogP contribution in [0.5, 0.6) is 0 Å². The lowest BCUT2D eigenvalue weighted by Crippen LogP contribution is -2.62. The SMILES string of the molecule is O=[N+]([O-])[C@H]1C(SCc2ccccc2)O[C@H](COCc2ccccc2)[C@H](OCc2ccccc2)[C@@H]1OCc1ccccc1. The standard InChI is InChI=1S/C34H35NO6S/c36-35(37)31-33(40-23-28-17-9-3-10-18-28)32(39-22-27-15-7-2-8-16-27)30(24-38-21-26-13-5-1-6-14-26)41-34(31)42-25-29-19-11-4-12-20-29/h1-20,30-34H,21-25H2/t30-,31-,32+,33-,34?/m1/s1. The fourth-order valence-corrected chi connectivity index (χ4v) is 6.15. The summed E-state index contributed by atoms with van der Waals surface area (Å²) in [4.78, 5) is 12.4. The van der Waals surface area contributed by atoms with Gasteiger partial charge >= 0.3 is 0 Å². The molecule has 1 aliphatic heterocycles. The average Bonchev–Trinajstić information content (AvgIpc) is 3.04. The first-order valence-corrected chi connectivity index (χ1v) is 15.1. The highest BCUT2D eigenvalue weighted by Crippen LogP contribution is 2.36. The van der Waals surface area contributed by atoms with Crippen LogP contribution in [0.15, 0.2) is 121 Å². The fourth-order valence-electron chi connectivity index (χ4n) is 4.93. The molecule has 5 rings (SSSR count). The molecule has 1 fully saturated rings. The Morgan fingerprint density at radius 3 is 1.60 bits per heavy atom. The predicted octanol–water partition coefficient (Wildman–Crippen LogP) is 6.68. The minimum absolute atomic E-state index is 0.201. The highest BCUT2D eigenvalue weighted by Gasteiger charge is 2.54. The molecule has 0 aromatic heterocycles. The molecule has 0 radical (unpaired) electrons. The zero-order valence-electron chi connectivity index (χ0n) is 23.3. The van der Waals surface area contributed by atoms with Gasteiger partial charge < -0.3 is 18.9 Å². The van der Waals surface area contributed by atoms with E-state index < -0.39 is 29.8 Å².